The van der Waals surface area contributed by atoms with E-state index in [1.54, 1.807) is 0 Å². The lowest BCUT2D eigenvalue weighted by atomic mass is 9.90. The maximum absolute atomic E-state index is 13.0. The van der Waals surface area contributed by atoms with E-state index in [9.17, 15) is 9.59 Å². The second kappa shape index (κ2) is 7.31. The molecular formula is C25H24O5. The number of fused-ring (bicyclic) bond motifs is 6. The van der Waals surface area contributed by atoms with Gasteiger partial charge in [-0.2, -0.15) is 0 Å². The molecule has 3 aliphatic rings. The summed E-state index contributed by atoms with van der Waals surface area (Å²) in [5, 5.41) is 0.720. The Morgan fingerprint density at radius 2 is 2.03 bits per heavy atom. The predicted octanol–water partition coefficient (Wildman–Crippen LogP) is 5.15. The van der Waals surface area contributed by atoms with Gasteiger partial charge in [-0.3, -0.25) is 4.79 Å². The van der Waals surface area contributed by atoms with Crippen LogP contribution in [0.1, 0.15) is 61.0 Å². The molecule has 0 bridgehead atoms. The number of hydrogen-bond donors (Lipinski definition) is 0. The first kappa shape index (κ1) is 18.9. The monoisotopic (exact) mass is 404 g/mol. The highest BCUT2D eigenvalue weighted by atomic mass is 16.5. The molecule has 5 nitrogen and oxygen atoms in total. The molecule has 5 heteroatoms. The molecular weight excluding hydrogens is 380 g/mol. The molecule has 1 aliphatic carbocycles. The standard InChI is InChI=1S/C25H24O5/c1-3-7-16-13-20(27)30-25-21(16)23-17(24-22(25)18(26)12-14(2)28-24)10-11-19(29-23)15-8-5-4-6-9-15/h4-5,8,10-11,13-14,19H,3,6-7,9,12H2,1-2H3. The van der Waals surface area contributed by atoms with Crippen LogP contribution >= 0.6 is 0 Å². The van der Waals surface area contributed by atoms with E-state index < -0.39 is 5.63 Å². The maximum atomic E-state index is 13.0. The summed E-state index contributed by atoms with van der Waals surface area (Å²) < 4.78 is 18.2. The molecule has 5 rings (SSSR count). The third-order valence-electron chi connectivity index (χ3n) is 5.90. The Labute approximate surface area is 174 Å². The van der Waals surface area contributed by atoms with E-state index in [0.717, 1.165) is 35.8 Å². The summed E-state index contributed by atoms with van der Waals surface area (Å²) in [6.07, 6.45) is 13.6. The molecule has 0 saturated heterocycles. The van der Waals surface area contributed by atoms with Crippen LogP contribution in [-0.2, 0) is 6.42 Å². The van der Waals surface area contributed by atoms with Gasteiger partial charge in [0.1, 0.15) is 29.3 Å². The van der Waals surface area contributed by atoms with Gasteiger partial charge in [0.2, 0.25) is 0 Å². The lowest BCUT2D eigenvalue weighted by Crippen LogP contribution is -2.27. The van der Waals surface area contributed by atoms with Crippen molar-refractivity contribution < 1.29 is 18.7 Å². The zero-order chi connectivity index (χ0) is 20.8. The van der Waals surface area contributed by atoms with Gasteiger partial charge in [-0.05, 0) is 49.5 Å². The summed E-state index contributed by atoms with van der Waals surface area (Å²) >= 11 is 0. The van der Waals surface area contributed by atoms with E-state index >= 15 is 0 Å². The van der Waals surface area contributed by atoms with Crippen molar-refractivity contribution in [2.75, 3.05) is 0 Å². The lowest BCUT2D eigenvalue weighted by Gasteiger charge is -2.31. The molecule has 154 valence electrons. The van der Waals surface area contributed by atoms with Gasteiger partial charge in [-0.1, -0.05) is 31.6 Å². The van der Waals surface area contributed by atoms with Gasteiger partial charge < -0.3 is 13.9 Å². The van der Waals surface area contributed by atoms with Crippen LogP contribution in [0.15, 0.2) is 45.2 Å². The highest BCUT2D eigenvalue weighted by Crippen LogP contribution is 2.48. The molecule has 0 spiro atoms. The zero-order valence-corrected chi connectivity index (χ0v) is 17.2. The summed E-state index contributed by atoms with van der Waals surface area (Å²) in [5.74, 6) is 1.04. The van der Waals surface area contributed by atoms with Crippen molar-refractivity contribution in [2.45, 2.75) is 58.2 Å². The number of ketones is 1. The number of hydrogen-bond acceptors (Lipinski definition) is 5. The fraction of sp³-hybridized carbons (Fsp3) is 0.360. The van der Waals surface area contributed by atoms with Gasteiger partial charge in [-0.25, -0.2) is 4.79 Å². The van der Waals surface area contributed by atoms with Crippen LogP contribution in [-0.4, -0.2) is 18.0 Å². The van der Waals surface area contributed by atoms with E-state index in [1.165, 1.54) is 11.6 Å². The molecule has 0 radical (unpaired) electrons. The average Bonchev–Trinajstić information content (AvgIpc) is 2.73. The number of rotatable bonds is 3. The van der Waals surface area contributed by atoms with Crippen molar-refractivity contribution in [3.05, 3.63) is 63.1 Å². The van der Waals surface area contributed by atoms with E-state index in [2.05, 4.69) is 25.2 Å². The Bertz CT molecular complexity index is 1190. The number of ether oxygens (including phenoxy) is 2. The van der Waals surface area contributed by atoms with Crippen LogP contribution in [0.2, 0.25) is 0 Å². The number of allylic oxidation sites excluding steroid dienone is 3. The summed E-state index contributed by atoms with van der Waals surface area (Å²) in [5.41, 5.74) is 3.01. The van der Waals surface area contributed by atoms with Crippen LogP contribution in [0.5, 0.6) is 11.5 Å². The second-order valence-corrected chi connectivity index (χ2v) is 8.15. The fourth-order valence-electron chi connectivity index (χ4n) is 4.57. The third-order valence-corrected chi connectivity index (χ3v) is 5.90. The number of Topliss-reactive ketones (excluding diaryl/α,β-unsaturated/α-hetero) is 1. The fourth-order valence-corrected chi connectivity index (χ4v) is 4.57. The number of carbonyl (C=O) groups excluding carboxylic acids is 1. The third kappa shape index (κ3) is 3.00. The minimum absolute atomic E-state index is 0.0657. The molecule has 2 aliphatic heterocycles. The highest BCUT2D eigenvalue weighted by molar-refractivity contribution is 6.13. The number of aryl methyl sites for hydroxylation is 1. The zero-order valence-electron chi connectivity index (χ0n) is 17.2. The molecule has 1 aromatic carbocycles. The second-order valence-electron chi connectivity index (χ2n) is 8.15. The average molecular weight is 404 g/mol. The van der Waals surface area contributed by atoms with Gasteiger partial charge in [-0.15, -0.1) is 0 Å². The van der Waals surface area contributed by atoms with E-state index in [1.807, 2.05) is 19.1 Å². The molecule has 30 heavy (non-hydrogen) atoms. The van der Waals surface area contributed by atoms with Crippen molar-refractivity contribution >= 4 is 22.8 Å². The molecule has 1 aromatic heterocycles. The summed E-state index contributed by atoms with van der Waals surface area (Å²) in [7, 11) is 0. The van der Waals surface area contributed by atoms with E-state index in [-0.39, 0.29) is 24.4 Å². The van der Waals surface area contributed by atoms with Crippen LogP contribution < -0.4 is 15.1 Å². The summed E-state index contributed by atoms with van der Waals surface area (Å²) in [6, 6.07) is 1.52. The molecule has 3 heterocycles. The molecule has 2 unspecified atom stereocenters. The van der Waals surface area contributed by atoms with Crippen LogP contribution in [0.25, 0.3) is 17.0 Å². The summed E-state index contributed by atoms with van der Waals surface area (Å²) in [4.78, 5) is 25.3. The first-order valence-electron chi connectivity index (χ1n) is 10.6. The van der Waals surface area contributed by atoms with Gasteiger partial charge in [0, 0.05) is 12.5 Å². The van der Waals surface area contributed by atoms with Crippen LogP contribution in [0, 0.1) is 0 Å². The maximum Gasteiger partial charge on any atom is 0.336 e. The molecule has 0 fully saturated rings. The van der Waals surface area contributed by atoms with E-state index in [4.69, 9.17) is 13.9 Å². The van der Waals surface area contributed by atoms with Gasteiger partial charge in [0.15, 0.2) is 11.4 Å². The van der Waals surface area contributed by atoms with Crippen molar-refractivity contribution in [1.82, 2.24) is 0 Å². The summed E-state index contributed by atoms with van der Waals surface area (Å²) in [6.45, 7) is 3.93. The quantitative estimate of drug-likeness (QED) is 0.662. The molecule has 0 saturated carbocycles. The van der Waals surface area contributed by atoms with Crippen LogP contribution in [0.3, 0.4) is 0 Å². The first-order valence-corrected chi connectivity index (χ1v) is 10.6. The van der Waals surface area contributed by atoms with Gasteiger partial charge in [0.05, 0.1) is 10.9 Å². The topological polar surface area (TPSA) is 65.7 Å². The SMILES string of the molecule is CCCc1cc(=O)oc2c3c(c4c(c12)OC(C1=CC=CCC1)C=C4)OC(C)CC3=O. The Morgan fingerprint density at radius 1 is 1.17 bits per heavy atom. The smallest absolute Gasteiger partial charge is 0.336 e. The minimum atomic E-state index is -0.456. The predicted molar refractivity (Wildman–Crippen MR) is 115 cm³/mol. The molecule has 0 N–H and O–H groups in total. The molecule has 0 amide bonds. The van der Waals surface area contributed by atoms with Crippen LogP contribution in [0.4, 0.5) is 0 Å². The van der Waals surface area contributed by atoms with Crippen molar-refractivity contribution in [1.29, 1.82) is 0 Å². The first-order chi connectivity index (χ1) is 14.6. The minimum Gasteiger partial charge on any atom is -0.489 e. The largest absolute Gasteiger partial charge is 0.489 e. The van der Waals surface area contributed by atoms with E-state index in [0.29, 0.717) is 29.1 Å². The number of benzene rings is 1. The Kier molecular flexibility index (Phi) is 4.61. The van der Waals surface area contributed by atoms with Crippen molar-refractivity contribution in [3.8, 4) is 11.5 Å². The van der Waals surface area contributed by atoms with Gasteiger partial charge in [0.25, 0.3) is 0 Å². The van der Waals surface area contributed by atoms with Crippen molar-refractivity contribution in [2.24, 2.45) is 0 Å². The van der Waals surface area contributed by atoms with Gasteiger partial charge >= 0.3 is 5.63 Å². The Morgan fingerprint density at radius 3 is 2.80 bits per heavy atom. The highest BCUT2D eigenvalue weighted by Gasteiger charge is 2.35. The molecule has 2 aromatic rings. The Balaban J connectivity index is 1.80. The Hall–Kier alpha value is -3.08. The van der Waals surface area contributed by atoms with Crippen molar-refractivity contribution in [3.63, 3.8) is 0 Å². The lowest BCUT2D eigenvalue weighted by molar-refractivity contribution is 0.0870. The number of carbonyl (C=O) groups is 1. The normalized spacial score (nSPS) is 22.2. The molecule has 2 atom stereocenters.